The highest BCUT2D eigenvalue weighted by atomic mass is 32.2. The van der Waals surface area contributed by atoms with E-state index in [9.17, 15) is 18.0 Å². The van der Waals surface area contributed by atoms with Crippen LogP contribution in [-0.4, -0.2) is 22.0 Å². The second kappa shape index (κ2) is 7.25. The van der Waals surface area contributed by atoms with Gasteiger partial charge in [0.25, 0.3) is 0 Å². The smallest absolute Gasteiger partial charge is 0.388 e. The zero-order valence-electron chi connectivity index (χ0n) is 13.3. The number of rotatable bonds is 4. The zero-order valence-corrected chi connectivity index (χ0v) is 14.1. The number of aromatic amines is 1. The third-order valence-electron chi connectivity index (χ3n) is 4.34. The van der Waals surface area contributed by atoms with Gasteiger partial charge in [-0.25, -0.2) is 9.89 Å². The molecule has 1 fully saturated rings. The maximum absolute atomic E-state index is 13.3. The second-order valence-electron chi connectivity index (χ2n) is 6.22. The summed E-state index contributed by atoms with van der Waals surface area (Å²) in [7, 11) is 0. The molecule has 1 aliphatic carbocycles. The van der Waals surface area contributed by atoms with Gasteiger partial charge < -0.3 is 10.2 Å². The monoisotopic (exact) mass is 373 g/mol. The molecule has 0 amide bonds. The van der Waals surface area contributed by atoms with E-state index >= 15 is 0 Å². The van der Waals surface area contributed by atoms with Crippen LogP contribution in [0, 0.1) is 5.92 Å². The summed E-state index contributed by atoms with van der Waals surface area (Å²) in [5, 5.41) is 5.77. The first kappa shape index (κ1) is 18.1. The number of aromatic nitrogens is 2. The van der Waals surface area contributed by atoms with Crippen LogP contribution in [0.2, 0.25) is 0 Å². The van der Waals surface area contributed by atoms with Crippen LogP contribution >= 0.6 is 11.8 Å². The van der Waals surface area contributed by atoms with Crippen molar-refractivity contribution in [1.82, 2.24) is 10.2 Å². The molecule has 2 aromatic rings. The number of halogens is 3. The molecule has 9 heteroatoms. The maximum atomic E-state index is 13.3. The third kappa shape index (κ3) is 4.46. The molecule has 0 bridgehead atoms. The maximum Gasteiger partial charge on any atom is 0.434 e. The van der Waals surface area contributed by atoms with Crippen molar-refractivity contribution in [1.29, 1.82) is 0 Å². The molecule has 0 unspecified atom stereocenters. The van der Waals surface area contributed by atoms with Gasteiger partial charge in [-0.05, 0) is 49.8 Å². The van der Waals surface area contributed by atoms with Crippen LogP contribution in [-0.2, 0) is 6.18 Å². The highest BCUT2D eigenvalue weighted by molar-refractivity contribution is 7.99. The number of H-pyrrole nitrogens is 1. The van der Waals surface area contributed by atoms with Crippen molar-refractivity contribution in [3.63, 3.8) is 0 Å². The van der Waals surface area contributed by atoms with E-state index in [0.717, 1.165) is 31.7 Å². The summed E-state index contributed by atoms with van der Waals surface area (Å²) in [6.45, 7) is 0. The lowest BCUT2D eigenvalue weighted by molar-refractivity contribution is -0.139. The molecule has 1 saturated carbocycles. The van der Waals surface area contributed by atoms with Gasteiger partial charge >= 0.3 is 11.9 Å². The van der Waals surface area contributed by atoms with Gasteiger partial charge in [-0.2, -0.15) is 13.2 Å². The minimum atomic E-state index is -4.44. The Bertz CT molecular complexity index is 779. The SMILES string of the molecule is NC1CCC(CSc2cc(-c3n[nH]c(=O)o3)ccc2C(F)(F)F)CC1. The minimum absolute atomic E-state index is 0.0239. The van der Waals surface area contributed by atoms with E-state index in [1.54, 1.807) is 0 Å². The van der Waals surface area contributed by atoms with Crippen LogP contribution in [0.1, 0.15) is 31.2 Å². The van der Waals surface area contributed by atoms with Crippen LogP contribution in [0.15, 0.2) is 32.3 Å². The van der Waals surface area contributed by atoms with Crippen LogP contribution in [0.5, 0.6) is 0 Å². The summed E-state index contributed by atoms with van der Waals surface area (Å²) in [6, 6.07) is 3.84. The quantitative estimate of drug-likeness (QED) is 0.799. The number of alkyl halides is 3. The zero-order chi connectivity index (χ0) is 18.0. The van der Waals surface area contributed by atoms with Crippen molar-refractivity contribution in [2.75, 3.05) is 5.75 Å². The molecule has 5 nitrogen and oxygen atoms in total. The molecule has 1 aromatic carbocycles. The lowest BCUT2D eigenvalue weighted by Crippen LogP contribution is -2.27. The first-order chi connectivity index (χ1) is 11.8. The van der Waals surface area contributed by atoms with E-state index in [2.05, 4.69) is 10.2 Å². The van der Waals surface area contributed by atoms with Gasteiger partial charge in [0.05, 0.1) is 5.56 Å². The summed E-state index contributed by atoms with van der Waals surface area (Å²) < 4.78 is 44.7. The predicted octanol–water partition coefficient (Wildman–Crippen LogP) is 3.66. The van der Waals surface area contributed by atoms with Crippen LogP contribution in [0.4, 0.5) is 13.2 Å². The average molecular weight is 373 g/mol. The number of hydrogen-bond acceptors (Lipinski definition) is 5. The first-order valence-corrected chi connectivity index (χ1v) is 8.97. The summed E-state index contributed by atoms with van der Waals surface area (Å²) in [5.41, 5.74) is 5.51. The summed E-state index contributed by atoms with van der Waals surface area (Å²) in [4.78, 5) is 11.2. The molecular weight excluding hydrogens is 355 g/mol. The fourth-order valence-electron chi connectivity index (χ4n) is 2.92. The average Bonchev–Trinajstić information content (AvgIpc) is 3.00. The van der Waals surface area contributed by atoms with Gasteiger partial charge in [0.15, 0.2) is 0 Å². The number of nitrogens with one attached hydrogen (secondary N) is 1. The Balaban J connectivity index is 1.82. The Hall–Kier alpha value is -1.74. The van der Waals surface area contributed by atoms with E-state index in [4.69, 9.17) is 10.2 Å². The molecular formula is C16H18F3N3O2S. The highest BCUT2D eigenvalue weighted by Crippen LogP contribution is 2.40. The topological polar surface area (TPSA) is 84.9 Å². The lowest BCUT2D eigenvalue weighted by Gasteiger charge is -2.26. The van der Waals surface area contributed by atoms with Crippen molar-refractivity contribution in [3.05, 3.63) is 34.3 Å². The van der Waals surface area contributed by atoms with E-state index in [0.29, 0.717) is 17.2 Å². The van der Waals surface area contributed by atoms with Gasteiger partial charge in [0.1, 0.15) is 0 Å². The van der Waals surface area contributed by atoms with Crippen molar-refractivity contribution < 1.29 is 17.6 Å². The van der Waals surface area contributed by atoms with Crippen molar-refractivity contribution in [2.24, 2.45) is 11.7 Å². The predicted molar refractivity (Wildman–Crippen MR) is 88.2 cm³/mol. The molecule has 0 radical (unpaired) electrons. The normalized spacial score (nSPS) is 21.4. The van der Waals surface area contributed by atoms with E-state index < -0.39 is 17.5 Å². The molecule has 0 spiro atoms. The van der Waals surface area contributed by atoms with Gasteiger partial charge in [-0.15, -0.1) is 16.9 Å². The molecule has 3 rings (SSSR count). The molecule has 1 aromatic heterocycles. The Morgan fingerprint density at radius 2 is 2.00 bits per heavy atom. The minimum Gasteiger partial charge on any atom is -0.388 e. The highest BCUT2D eigenvalue weighted by Gasteiger charge is 2.34. The Morgan fingerprint density at radius 1 is 1.28 bits per heavy atom. The Morgan fingerprint density at radius 3 is 2.60 bits per heavy atom. The number of nitrogens with two attached hydrogens (primary N) is 1. The van der Waals surface area contributed by atoms with Gasteiger partial charge in [-0.3, -0.25) is 0 Å². The van der Waals surface area contributed by atoms with E-state index in [-0.39, 0.29) is 16.8 Å². The van der Waals surface area contributed by atoms with E-state index in [1.807, 2.05) is 0 Å². The molecule has 136 valence electrons. The largest absolute Gasteiger partial charge is 0.434 e. The number of nitrogens with zero attached hydrogens (tertiary/aromatic N) is 1. The van der Waals surface area contributed by atoms with Crippen LogP contribution in [0.3, 0.4) is 0 Å². The Labute approximate surface area is 146 Å². The first-order valence-electron chi connectivity index (χ1n) is 7.98. The molecule has 0 aliphatic heterocycles. The van der Waals surface area contributed by atoms with Gasteiger partial charge in [0.2, 0.25) is 5.89 Å². The fraction of sp³-hybridized carbons (Fsp3) is 0.500. The lowest BCUT2D eigenvalue weighted by atomic mass is 9.88. The van der Waals surface area contributed by atoms with Crippen LogP contribution < -0.4 is 11.5 Å². The van der Waals surface area contributed by atoms with Crippen LogP contribution in [0.25, 0.3) is 11.5 Å². The number of benzene rings is 1. The van der Waals surface area contributed by atoms with Gasteiger partial charge in [-0.1, -0.05) is 0 Å². The van der Waals surface area contributed by atoms with Gasteiger partial charge in [0, 0.05) is 22.3 Å². The Kier molecular flexibility index (Phi) is 5.24. The summed E-state index contributed by atoms with van der Waals surface area (Å²) in [5.74, 6) is 0.189. The fourth-order valence-corrected chi connectivity index (χ4v) is 4.22. The van der Waals surface area contributed by atoms with Crippen molar-refractivity contribution >= 4 is 11.8 Å². The number of thioether (sulfide) groups is 1. The van der Waals surface area contributed by atoms with Crippen molar-refractivity contribution in [3.8, 4) is 11.5 Å². The molecule has 0 saturated heterocycles. The third-order valence-corrected chi connectivity index (χ3v) is 5.62. The summed E-state index contributed by atoms with van der Waals surface area (Å²) in [6.07, 6.45) is -0.749. The standard InChI is InChI=1S/C16H18F3N3O2S/c17-16(18,19)12-6-3-10(14-21-22-15(23)24-14)7-13(12)25-8-9-1-4-11(20)5-2-9/h3,6-7,9,11H,1-2,4-5,8,20H2,(H,22,23). The van der Waals surface area contributed by atoms with E-state index in [1.165, 1.54) is 23.9 Å². The second-order valence-corrected chi connectivity index (χ2v) is 7.28. The number of hydrogen-bond donors (Lipinski definition) is 2. The molecule has 1 aliphatic rings. The molecule has 25 heavy (non-hydrogen) atoms. The summed E-state index contributed by atoms with van der Waals surface area (Å²) >= 11 is 1.18. The molecule has 0 atom stereocenters. The van der Waals surface area contributed by atoms with Crippen molar-refractivity contribution in [2.45, 2.75) is 42.8 Å². The molecule has 1 heterocycles. The molecule has 3 N–H and O–H groups in total.